The molecule has 0 heterocycles. The van der Waals surface area contributed by atoms with E-state index in [9.17, 15) is 4.79 Å². The second-order valence-electron chi connectivity index (χ2n) is 5.33. The lowest BCUT2D eigenvalue weighted by atomic mass is 10.2. The van der Waals surface area contributed by atoms with Crippen molar-refractivity contribution in [3.8, 4) is 11.5 Å². The number of carbonyl (C=O) groups excluding carboxylic acids is 1. The Bertz CT molecular complexity index is 560. The predicted octanol–water partition coefficient (Wildman–Crippen LogP) is 2.15. The van der Waals surface area contributed by atoms with E-state index in [2.05, 4.69) is 16.2 Å². The topological polar surface area (TPSA) is 71.6 Å². The van der Waals surface area contributed by atoms with Crippen LogP contribution < -0.4 is 25.6 Å². The smallest absolute Gasteiger partial charge is 0.269 e. The molecule has 1 fully saturated rings. The monoisotopic (exact) mass is 337 g/mol. The highest BCUT2D eigenvalue weighted by Crippen LogP contribution is 2.27. The molecule has 126 valence electrons. The van der Waals surface area contributed by atoms with Crippen molar-refractivity contribution in [1.29, 1.82) is 0 Å². The summed E-state index contributed by atoms with van der Waals surface area (Å²) < 4.78 is 10.7. The lowest BCUT2D eigenvalue weighted by molar-refractivity contribution is 0.0943. The number of methoxy groups -OCH3 is 1. The van der Waals surface area contributed by atoms with Gasteiger partial charge in [0.15, 0.2) is 16.6 Å². The van der Waals surface area contributed by atoms with E-state index in [1.165, 1.54) is 12.8 Å². The molecular formula is C16H23N3O3S. The minimum absolute atomic E-state index is 0.290. The number of thiocarbonyl (C=S) groups is 1. The molecule has 0 radical (unpaired) electrons. The SMILES string of the molecule is CCOc1ccc(C(=O)NNC(=S)NC2CCCC2)cc1OC. The highest BCUT2D eigenvalue weighted by Gasteiger charge is 2.16. The summed E-state index contributed by atoms with van der Waals surface area (Å²) in [6.45, 7) is 2.42. The third kappa shape index (κ3) is 4.99. The summed E-state index contributed by atoms with van der Waals surface area (Å²) in [7, 11) is 1.54. The van der Waals surface area contributed by atoms with Gasteiger partial charge >= 0.3 is 0 Å². The summed E-state index contributed by atoms with van der Waals surface area (Å²) in [5.74, 6) is 0.839. The van der Waals surface area contributed by atoms with Gasteiger partial charge in [-0.15, -0.1) is 0 Å². The van der Waals surface area contributed by atoms with E-state index in [1.807, 2.05) is 6.92 Å². The van der Waals surface area contributed by atoms with Crippen LogP contribution in [0.25, 0.3) is 0 Å². The van der Waals surface area contributed by atoms with Gasteiger partial charge in [0.25, 0.3) is 5.91 Å². The Morgan fingerprint density at radius 1 is 1.26 bits per heavy atom. The van der Waals surface area contributed by atoms with Gasteiger partial charge in [0.2, 0.25) is 0 Å². The highest BCUT2D eigenvalue weighted by atomic mass is 32.1. The Balaban J connectivity index is 1.88. The van der Waals surface area contributed by atoms with Crippen molar-refractivity contribution in [2.24, 2.45) is 0 Å². The van der Waals surface area contributed by atoms with Gasteiger partial charge in [0.1, 0.15) is 0 Å². The van der Waals surface area contributed by atoms with Crippen molar-refractivity contribution in [3.63, 3.8) is 0 Å². The molecule has 0 atom stereocenters. The molecule has 0 unspecified atom stereocenters. The summed E-state index contributed by atoms with van der Waals surface area (Å²) in [6.07, 6.45) is 4.68. The molecule has 1 aliphatic carbocycles. The van der Waals surface area contributed by atoms with Crippen molar-refractivity contribution >= 4 is 23.2 Å². The highest BCUT2D eigenvalue weighted by molar-refractivity contribution is 7.80. The first-order chi connectivity index (χ1) is 11.1. The molecule has 7 heteroatoms. The number of benzene rings is 1. The molecule has 1 aromatic carbocycles. The minimum atomic E-state index is -0.290. The molecule has 0 aromatic heterocycles. The molecule has 6 nitrogen and oxygen atoms in total. The fourth-order valence-corrected chi connectivity index (χ4v) is 2.78. The van der Waals surface area contributed by atoms with Gasteiger partial charge in [0, 0.05) is 11.6 Å². The van der Waals surface area contributed by atoms with Crippen LogP contribution in [0.15, 0.2) is 18.2 Å². The fourth-order valence-electron chi connectivity index (χ4n) is 2.56. The normalized spacial score (nSPS) is 14.2. The van der Waals surface area contributed by atoms with Gasteiger partial charge in [-0.3, -0.25) is 15.6 Å². The molecule has 0 spiro atoms. The molecule has 1 aliphatic rings. The summed E-state index contributed by atoms with van der Waals surface area (Å²) in [5, 5.41) is 3.63. The number of nitrogens with one attached hydrogen (secondary N) is 3. The number of carbonyl (C=O) groups is 1. The van der Waals surface area contributed by atoms with E-state index in [4.69, 9.17) is 21.7 Å². The van der Waals surface area contributed by atoms with Crippen LogP contribution in [0.3, 0.4) is 0 Å². The van der Waals surface area contributed by atoms with E-state index in [1.54, 1.807) is 25.3 Å². The maximum atomic E-state index is 12.2. The van der Waals surface area contributed by atoms with Gasteiger partial charge in [-0.2, -0.15) is 0 Å². The van der Waals surface area contributed by atoms with Crippen molar-refractivity contribution in [2.45, 2.75) is 38.6 Å². The molecule has 0 aliphatic heterocycles. The van der Waals surface area contributed by atoms with E-state index in [0.717, 1.165) is 12.8 Å². The Kier molecular flexibility index (Phi) is 6.46. The van der Waals surface area contributed by atoms with Crippen LogP contribution in [-0.4, -0.2) is 30.8 Å². The van der Waals surface area contributed by atoms with Crippen LogP contribution in [0.4, 0.5) is 0 Å². The maximum absolute atomic E-state index is 12.2. The molecule has 0 saturated heterocycles. The summed E-state index contributed by atoms with van der Waals surface area (Å²) >= 11 is 5.18. The number of hydrazine groups is 1. The number of amides is 1. The van der Waals surface area contributed by atoms with Gasteiger partial charge < -0.3 is 14.8 Å². The average molecular weight is 337 g/mol. The van der Waals surface area contributed by atoms with Gasteiger partial charge in [-0.25, -0.2) is 0 Å². The molecule has 1 aromatic rings. The molecule has 3 N–H and O–H groups in total. The van der Waals surface area contributed by atoms with Crippen molar-refractivity contribution in [3.05, 3.63) is 23.8 Å². The Labute approximate surface area is 141 Å². The molecule has 1 saturated carbocycles. The van der Waals surface area contributed by atoms with Crippen LogP contribution in [-0.2, 0) is 0 Å². The van der Waals surface area contributed by atoms with Gasteiger partial charge in [-0.1, -0.05) is 12.8 Å². The lowest BCUT2D eigenvalue weighted by Gasteiger charge is -2.16. The van der Waals surface area contributed by atoms with Crippen molar-refractivity contribution in [2.75, 3.05) is 13.7 Å². The number of hydrogen-bond donors (Lipinski definition) is 3. The minimum Gasteiger partial charge on any atom is -0.493 e. The van der Waals surface area contributed by atoms with Gasteiger partial charge in [-0.05, 0) is 50.2 Å². The molecule has 23 heavy (non-hydrogen) atoms. The van der Waals surface area contributed by atoms with Crippen LogP contribution in [0.1, 0.15) is 43.0 Å². The van der Waals surface area contributed by atoms with E-state index >= 15 is 0 Å². The number of hydrogen-bond acceptors (Lipinski definition) is 4. The number of rotatable bonds is 5. The summed E-state index contributed by atoms with van der Waals surface area (Å²) in [4.78, 5) is 12.2. The lowest BCUT2D eigenvalue weighted by Crippen LogP contribution is -2.49. The maximum Gasteiger partial charge on any atom is 0.269 e. The van der Waals surface area contributed by atoms with Crippen LogP contribution in [0, 0.1) is 0 Å². The first-order valence-electron chi connectivity index (χ1n) is 7.81. The summed E-state index contributed by atoms with van der Waals surface area (Å²) in [5.41, 5.74) is 5.78. The predicted molar refractivity (Wildman–Crippen MR) is 92.8 cm³/mol. The van der Waals surface area contributed by atoms with E-state index < -0.39 is 0 Å². The first-order valence-corrected chi connectivity index (χ1v) is 8.22. The molecule has 0 bridgehead atoms. The fraction of sp³-hybridized carbons (Fsp3) is 0.500. The van der Waals surface area contributed by atoms with E-state index in [-0.39, 0.29) is 5.91 Å². The Morgan fingerprint density at radius 2 is 2.00 bits per heavy atom. The Morgan fingerprint density at radius 3 is 2.65 bits per heavy atom. The third-order valence-corrected chi connectivity index (χ3v) is 3.93. The van der Waals surface area contributed by atoms with Crippen LogP contribution in [0.2, 0.25) is 0 Å². The van der Waals surface area contributed by atoms with Gasteiger partial charge in [0.05, 0.1) is 13.7 Å². The van der Waals surface area contributed by atoms with Crippen molar-refractivity contribution < 1.29 is 14.3 Å². The molecule has 2 rings (SSSR count). The first kappa shape index (κ1) is 17.3. The van der Waals surface area contributed by atoms with Crippen molar-refractivity contribution in [1.82, 2.24) is 16.2 Å². The van der Waals surface area contributed by atoms with E-state index in [0.29, 0.717) is 34.8 Å². The summed E-state index contributed by atoms with van der Waals surface area (Å²) in [6, 6.07) is 5.43. The second-order valence-corrected chi connectivity index (χ2v) is 5.74. The second kappa shape index (κ2) is 8.57. The van der Waals surface area contributed by atoms with Crippen LogP contribution in [0.5, 0.6) is 11.5 Å². The number of ether oxygens (including phenoxy) is 2. The largest absolute Gasteiger partial charge is 0.493 e. The third-order valence-electron chi connectivity index (χ3n) is 3.71. The zero-order valence-electron chi connectivity index (χ0n) is 13.5. The quantitative estimate of drug-likeness (QED) is 0.565. The average Bonchev–Trinajstić information content (AvgIpc) is 3.06. The van der Waals surface area contributed by atoms with Crippen LogP contribution >= 0.6 is 12.2 Å². The molecule has 1 amide bonds. The zero-order chi connectivity index (χ0) is 16.7. The standard InChI is InChI=1S/C16H23N3O3S/c1-3-22-13-9-8-11(10-14(13)21-2)15(20)18-19-16(23)17-12-6-4-5-7-12/h8-10,12H,3-7H2,1-2H3,(H,18,20)(H2,17,19,23). The Hall–Kier alpha value is -2.02. The molecular weight excluding hydrogens is 314 g/mol. The zero-order valence-corrected chi connectivity index (χ0v) is 14.3.